The molecule has 1 aromatic heterocycles. The number of hydrogen-bond donors (Lipinski definition) is 1. The van der Waals surface area contributed by atoms with Crippen LogP contribution >= 0.6 is 0 Å². The van der Waals surface area contributed by atoms with Gasteiger partial charge >= 0.3 is 0 Å². The summed E-state index contributed by atoms with van der Waals surface area (Å²) in [4.78, 5) is 14.3. The maximum atomic E-state index is 12.3. The normalized spacial score (nSPS) is 10.4. The first kappa shape index (κ1) is 16.9. The minimum Gasteiger partial charge on any atom is -0.358 e. The zero-order valence-corrected chi connectivity index (χ0v) is 14.3. The highest BCUT2D eigenvalue weighted by Gasteiger charge is 2.11. The molecular formula is C18H24N4O. The quantitative estimate of drug-likeness (QED) is 0.885. The SMILES string of the molecule is CCCCN(C)c1ccc(C(=O)Nc2ccc(C)cc2C)nn1. The largest absolute Gasteiger partial charge is 0.358 e. The summed E-state index contributed by atoms with van der Waals surface area (Å²) in [6, 6.07) is 9.46. The van der Waals surface area contributed by atoms with E-state index in [1.54, 1.807) is 6.07 Å². The summed E-state index contributed by atoms with van der Waals surface area (Å²) in [5, 5.41) is 11.1. The first-order valence-electron chi connectivity index (χ1n) is 7.94. The van der Waals surface area contributed by atoms with Crippen molar-refractivity contribution in [1.82, 2.24) is 10.2 Å². The van der Waals surface area contributed by atoms with Gasteiger partial charge in [-0.15, -0.1) is 10.2 Å². The minimum absolute atomic E-state index is 0.243. The molecule has 0 spiro atoms. The Morgan fingerprint density at radius 2 is 1.96 bits per heavy atom. The number of nitrogens with zero attached hydrogens (tertiary/aromatic N) is 3. The average Bonchev–Trinajstić information content (AvgIpc) is 2.55. The molecule has 0 aliphatic carbocycles. The number of hydrogen-bond acceptors (Lipinski definition) is 4. The molecule has 1 aromatic carbocycles. The van der Waals surface area contributed by atoms with Crippen LogP contribution < -0.4 is 10.2 Å². The van der Waals surface area contributed by atoms with E-state index in [-0.39, 0.29) is 5.91 Å². The second-order valence-corrected chi connectivity index (χ2v) is 5.82. The number of carbonyl (C=O) groups excluding carboxylic acids is 1. The van der Waals surface area contributed by atoms with Gasteiger partial charge in [0.2, 0.25) is 0 Å². The topological polar surface area (TPSA) is 58.1 Å². The molecule has 122 valence electrons. The van der Waals surface area contributed by atoms with Crippen molar-refractivity contribution in [2.45, 2.75) is 33.6 Å². The number of aromatic nitrogens is 2. The smallest absolute Gasteiger partial charge is 0.276 e. The second kappa shape index (κ2) is 7.72. The Bertz CT molecular complexity index is 667. The summed E-state index contributed by atoms with van der Waals surface area (Å²) < 4.78 is 0. The Hall–Kier alpha value is -2.43. The van der Waals surface area contributed by atoms with Gasteiger partial charge in [-0.05, 0) is 44.0 Å². The molecule has 0 atom stereocenters. The van der Waals surface area contributed by atoms with Gasteiger partial charge in [-0.3, -0.25) is 4.79 Å². The van der Waals surface area contributed by atoms with Crippen molar-refractivity contribution in [1.29, 1.82) is 0 Å². The number of nitrogens with one attached hydrogen (secondary N) is 1. The van der Waals surface area contributed by atoms with E-state index < -0.39 is 0 Å². The molecule has 5 heteroatoms. The Labute approximate surface area is 137 Å². The molecule has 0 fully saturated rings. The van der Waals surface area contributed by atoms with E-state index in [1.165, 1.54) is 5.56 Å². The van der Waals surface area contributed by atoms with Crippen LogP contribution in [0.1, 0.15) is 41.4 Å². The molecule has 0 radical (unpaired) electrons. The summed E-state index contributed by atoms with van der Waals surface area (Å²) >= 11 is 0. The predicted molar refractivity (Wildman–Crippen MR) is 94.1 cm³/mol. The molecule has 0 saturated heterocycles. The number of carbonyl (C=O) groups is 1. The van der Waals surface area contributed by atoms with E-state index in [0.29, 0.717) is 5.69 Å². The fraction of sp³-hybridized carbons (Fsp3) is 0.389. The average molecular weight is 312 g/mol. The van der Waals surface area contributed by atoms with Crippen molar-refractivity contribution in [3.63, 3.8) is 0 Å². The van der Waals surface area contributed by atoms with E-state index in [9.17, 15) is 4.79 Å². The Morgan fingerprint density at radius 1 is 1.17 bits per heavy atom. The van der Waals surface area contributed by atoms with Crippen LogP contribution in [0.25, 0.3) is 0 Å². The van der Waals surface area contributed by atoms with Gasteiger partial charge < -0.3 is 10.2 Å². The highest BCUT2D eigenvalue weighted by atomic mass is 16.1. The van der Waals surface area contributed by atoms with Crippen molar-refractivity contribution in [2.24, 2.45) is 0 Å². The number of anilines is 2. The van der Waals surface area contributed by atoms with Gasteiger partial charge in [-0.25, -0.2) is 0 Å². The van der Waals surface area contributed by atoms with Crippen LogP contribution in [-0.4, -0.2) is 29.7 Å². The monoisotopic (exact) mass is 312 g/mol. The number of rotatable bonds is 6. The molecule has 1 heterocycles. The molecule has 2 aromatic rings. The maximum absolute atomic E-state index is 12.3. The van der Waals surface area contributed by atoms with Gasteiger partial charge in [-0.2, -0.15) is 0 Å². The van der Waals surface area contributed by atoms with Gasteiger partial charge in [0.15, 0.2) is 11.5 Å². The Balaban J connectivity index is 2.05. The van der Waals surface area contributed by atoms with E-state index in [1.807, 2.05) is 50.1 Å². The van der Waals surface area contributed by atoms with E-state index in [0.717, 1.165) is 36.5 Å². The van der Waals surface area contributed by atoms with Crippen LogP contribution in [0.3, 0.4) is 0 Å². The summed E-state index contributed by atoms with van der Waals surface area (Å²) in [5.41, 5.74) is 3.31. The molecule has 23 heavy (non-hydrogen) atoms. The fourth-order valence-electron chi connectivity index (χ4n) is 2.30. The summed E-state index contributed by atoms with van der Waals surface area (Å²) in [7, 11) is 1.98. The third-order valence-electron chi connectivity index (χ3n) is 3.75. The first-order chi connectivity index (χ1) is 11.0. The number of aryl methyl sites for hydroxylation is 2. The highest BCUT2D eigenvalue weighted by molar-refractivity contribution is 6.03. The molecule has 5 nitrogen and oxygen atoms in total. The van der Waals surface area contributed by atoms with E-state index in [4.69, 9.17) is 0 Å². The van der Waals surface area contributed by atoms with Crippen LogP contribution in [0, 0.1) is 13.8 Å². The Morgan fingerprint density at radius 3 is 2.57 bits per heavy atom. The van der Waals surface area contributed by atoms with Crippen molar-refractivity contribution in [2.75, 3.05) is 23.8 Å². The van der Waals surface area contributed by atoms with Crippen molar-refractivity contribution in [3.05, 3.63) is 47.2 Å². The molecule has 2 rings (SSSR count). The lowest BCUT2D eigenvalue weighted by Crippen LogP contribution is -2.21. The van der Waals surface area contributed by atoms with Crippen molar-refractivity contribution in [3.8, 4) is 0 Å². The van der Waals surface area contributed by atoms with Gasteiger partial charge in [0.1, 0.15) is 0 Å². The Kier molecular flexibility index (Phi) is 5.68. The molecule has 0 aliphatic heterocycles. The van der Waals surface area contributed by atoms with Crippen molar-refractivity contribution < 1.29 is 4.79 Å². The van der Waals surface area contributed by atoms with Crippen LogP contribution in [0.5, 0.6) is 0 Å². The zero-order chi connectivity index (χ0) is 16.8. The molecule has 1 N–H and O–H groups in total. The van der Waals surface area contributed by atoms with Gasteiger partial charge in [0, 0.05) is 19.3 Å². The molecule has 0 aliphatic rings. The van der Waals surface area contributed by atoms with Crippen LogP contribution in [-0.2, 0) is 0 Å². The molecule has 0 bridgehead atoms. The summed E-state index contributed by atoms with van der Waals surface area (Å²) in [5.74, 6) is 0.536. The number of benzene rings is 1. The van der Waals surface area contributed by atoms with Crippen LogP contribution in [0.2, 0.25) is 0 Å². The van der Waals surface area contributed by atoms with Crippen molar-refractivity contribution >= 4 is 17.4 Å². The predicted octanol–water partition coefficient (Wildman–Crippen LogP) is 3.58. The molecule has 1 amide bonds. The van der Waals surface area contributed by atoms with Crippen LogP contribution in [0.4, 0.5) is 11.5 Å². The fourth-order valence-corrected chi connectivity index (χ4v) is 2.30. The van der Waals surface area contributed by atoms with E-state index in [2.05, 4.69) is 22.4 Å². The number of amides is 1. The van der Waals surface area contributed by atoms with Gasteiger partial charge in [0.05, 0.1) is 0 Å². The lowest BCUT2D eigenvalue weighted by atomic mass is 10.1. The van der Waals surface area contributed by atoms with Gasteiger partial charge in [-0.1, -0.05) is 31.0 Å². The third-order valence-corrected chi connectivity index (χ3v) is 3.75. The second-order valence-electron chi connectivity index (χ2n) is 5.82. The van der Waals surface area contributed by atoms with Gasteiger partial charge in [0.25, 0.3) is 5.91 Å². The molecular weight excluding hydrogens is 288 g/mol. The maximum Gasteiger partial charge on any atom is 0.276 e. The number of unbranched alkanes of at least 4 members (excludes halogenated alkanes) is 1. The zero-order valence-electron chi connectivity index (χ0n) is 14.3. The summed E-state index contributed by atoms with van der Waals surface area (Å²) in [6.07, 6.45) is 2.24. The standard InChI is InChI=1S/C18H24N4O/c1-5-6-11-22(4)17-10-9-16(20-21-17)18(23)19-15-8-7-13(2)12-14(15)3/h7-10,12H,5-6,11H2,1-4H3,(H,19,23). The molecule has 0 saturated carbocycles. The minimum atomic E-state index is -0.243. The summed E-state index contributed by atoms with van der Waals surface area (Å²) in [6.45, 7) is 7.08. The lowest BCUT2D eigenvalue weighted by molar-refractivity contribution is 0.102. The highest BCUT2D eigenvalue weighted by Crippen LogP contribution is 2.17. The lowest BCUT2D eigenvalue weighted by Gasteiger charge is -2.16. The van der Waals surface area contributed by atoms with E-state index >= 15 is 0 Å². The van der Waals surface area contributed by atoms with Crippen LogP contribution in [0.15, 0.2) is 30.3 Å². The molecule has 0 unspecified atom stereocenters. The first-order valence-corrected chi connectivity index (χ1v) is 7.94. The third kappa shape index (κ3) is 4.52.